The number of benzene rings is 1. The molecule has 0 aliphatic carbocycles. The summed E-state index contributed by atoms with van der Waals surface area (Å²) < 4.78 is 62.3. The maximum absolute atomic E-state index is 12.6. The number of halogens is 3. The molecule has 0 heterocycles. The maximum atomic E-state index is 12.6. The van der Waals surface area contributed by atoms with E-state index in [4.69, 9.17) is 0 Å². The third-order valence-electron chi connectivity index (χ3n) is 2.85. The van der Waals surface area contributed by atoms with E-state index in [0.717, 1.165) is 12.1 Å². The summed E-state index contributed by atoms with van der Waals surface area (Å²) in [4.78, 5) is 0. The lowest BCUT2D eigenvalue weighted by molar-refractivity contribution is -0.137. The van der Waals surface area contributed by atoms with Gasteiger partial charge in [0.25, 0.3) is 0 Å². The van der Waals surface area contributed by atoms with Crippen LogP contribution in [0.25, 0.3) is 0 Å². The number of nitrogens with one attached hydrogen (secondary N) is 2. The summed E-state index contributed by atoms with van der Waals surface area (Å²) in [6.45, 7) is 1.84. The molecule has 4 nitrogen and oxygen atoms in total. The lowest BCUT2D eigenvalue weighted by atomic mass is 10.1. The summed E-state index contributed by atoms with van der Waals surface area (Å²) in [6, 6.07) is 4.59. The summed E-state index contributed by atoms with van der Waals surface area (Å²) in [5.41, 5.74) is -0.256. The van der Waals surface area contributed by atoms with E-state index in [2.05, 4.69) is 10.0 Å². The topological polar surface area (TPSA) is 58.2 Å². The van der Waals surface area contributed by atoms with Gasteiger partial charge in [-0.15, -0.1) is 0 Å². The van der Waals surface area contributed by atoms with Gasteiger partial charge in [-0.1, -0.05) is 12.1 Å². The smallest absolute Gasteiger partial charge is 0.309 e. The van der Waals surface area contributed by atoms with Gasteiger partial charge in [0.1, 0.15) is 0 Å². The Morgan fingerprint density at radius 3 is 2.50 bits per heavy atom. The molecule has 0 amide bonds. The maximum Gasteiger partial charge on any atom is 0.416 e. The summed E-state index contributed by atoms with van der Waals surface area (Å²) >= 11 is 0. The van der Waals surface area contributed by atoms with E-state index in [1.165, 1.54) is 13.1 Å². The van der Waals surface area contributed by atoms with Gasteiger partial charge in [-0.3, -0.25) is 0 Å². The molecule has 114 valence electrons. The first-order valence-corrected chi connectivity index (χ1v) is 7.62. The highest BCUT2D eigenvalue weighted by Gasteiger charge is 2.30. The molecule has 1 aromatic carbocycles. The second kappa shape index (κ2) is 6.55. The summed E-state index contributed by atoms with van der Waals surface area (Å²) in [7, 11) is -2.01. The van der Waals surface area contributed by atoms with Crippen LogP contribution in [0.3, 0.4) is 0 Å². The van der Waals surface area contributed by atoms with Crippen molar-refractivity contribution in [2.45, 2.75) is 19.1 Å². The molecule has 2 N–H and O–H groups in total. The Morgan fingerprint density at radius 1 is 1.30 bits per heavy atom. The van der Waals surface area contributed by atoms with Gasteiger partial charge in [0.2, 0.25) is 10.0 Å². The highest BCUT2D eigenvalue weighted by Crippen LogP contribution is 2.30. The zero-order valence-electron chi connectivity index (χ0n) is 11.2. The average molecular weight is 310 g/mol. The summed E-state index contributed by atoms with van der Waals surface area (Å²) in [5, 5.41) is 2.88. The number of hydrogen-bond acceptors (Lipinski definition) is 3. The van der Waals surface area contributed by atoms with Gasteiger partial charge in [0.15, 0.2) is 0 Å². The molecule has 0 aromatic heterocycles. The molecule has 0 aliphatic rings. The zero-order chi connectivity index (χ0) is 15.4. The van der Waals surface area contributed by atoms with Crippen LogP contribution in [0.5, 0.6) is 0 Å². The van der Waals surface area contributed by atoms with Gasteiger partial charge in [-0.2, -0.15) is 13.2 Å². The van der Waals surface area contributed by atoms with E-state index < -0.39 is 21.8 Å². The predicted molar refractivity (Wildman–Crippen MR) is 70.7 cm³/mol. The van der Waals surface area contributed by atoms with Gasteiger partial charge in [0.05, 0.1) is 11.3 Å². The Bertz CT molecular complexity index is 544. The van der Waals surface area contributed by atoms with Crippen molar-refractivity contribution in [1.29, 1.82) is 0 Å². The number of hydrogen-bond donors (Lipinski definition) is 2. The largest absolute Gasteiger partial charge is 0.416 e. The second-order valence-electron chi connectivity index (χ2n) is 4.32. The molecular formula is C12H17F3N2O2S. The van der Waals surface area contributed by atoms with Crippen molar-refractivity contribution in [3.63, 3.8) is 0 Å². The molecule has 20 heavy (non-hydrogen) atoms. The van der Waals surface area contributed by atoms with E-state index in [-0.39, 0.29) is 18.3 Å². The van der Waals surface area contributed by atoms with Crippen LogP contribution in [0.1, 0.15) is 24.1 Å². The Labute approximate surface area is 116 Å². The first-order chi connectivity index (χ1) is 9.15. The van der Waals surface area contributed by atoms with Crippen LogP contribution in [-0.2, 0) is 16.2 Å². The summed E-state index contributed by atoms with van der Waals surface area (Å²) in [6.07, 6.45) is -4.38. The predicted octanol–water partition coefficient (Wildman–Crippen LogP) is 1.91. The lowest BCUT2D eigenvalue weighted by Crippen LogP contribution is -2.31. The minimum absolute atomic E-state index is 0.132. The van der Waals surface area contributed by atoms with Gasteiger partial charge >= 0.3 is 6.18 Å². The van der Waals surface area contributed by atoms with E-state index in [0.29, 0.717) is 5.56 Å². The minimum atomic E-state index is -4.38. The number of sulfonamides is 1. The van der Waals surface area contributed by atoms with Crippen molar-refractivity contribution in [2.24, 2.45) is 0 Å². The number of alkyl halides is 3. The van der Waals surface area contributed by atoms with Gasteiger partial charge in [0, 0.05) is 12.6 Å². The molecule has 0 saturated heterocycles. The molecule has 8 heteroatoms. The normalized spacial score (nSPS) is 14.2. The molecule has 0 saturated carbocycles. The Hall–Kier alpha value is -1.12. The minimum Gasteiger partial charge on any atom is -0.309 e. The highest BCUT2D eigenvalue weighted by molar-refractivity contribution is 7.89. The van der Waals surface area contributed by atoms with E-state index in [1.807, 2.05) is 0 Å². The zero-order valence-corrected chi connectivity index (χ0v) is 12.0. The van der Waals surface area contributed by atoms with Crippen LogP contribution in [0.4, 0.5) is 13.2 Å². The Kier molecular flexibility index (Phi) is 5.55. The fourth-order valence-corrected chi connectivity index (χ4v) is 2.20. The van der Waals surface area contributed by atoms with E-state index >= 15 is 0 Å². The SMILES string of the molecule is CNS(=O)(=O)CCNC(C)c1cccc(C(F)(F)F)c1. The van der Waals surface area contributed by atoms with Crippen LogP contribution >= 0.6 is 0 Å². The molecule has 1 unspecified atom stereocenters. The first-order valence-electron chi connectivity index (χ1n) is 5.97. The molecule has 1 aromatic rings. The molecule has 0 aliphatic heterocycles. The van der Waals surface area contributed by atoms with Gasteiger partial charge < -0.3 is 5.32 Å². The van der Waals surface area contributed by atoms with Gasteiger partial charge in [-0.25, -0.2) is 13.1 Å². The van der Waals surface area contributed by atoms with Crippen LogP contribution in [-0.4, -0.2) is 27.8 Å². The molecule has 1 atom stereocenters. The van der Waals surface area contributed by atoms with Crippen LogP contribution < -0.4 is 10.0 Å². The fourth-order valence-electron chi connectivity index (χ4n) is 1.61. The average Bonchev–Trinajstić information content (AvgIpc) is 2.37. The van der Waals surface area contributed by atoms with Crippen LogP contribution in [0.15, 0.2) is 24.3 Å². The van der Waals surface area contributed by atoms with Crippen molar-refractivity contribution in [1.82, 2.24) is 10.0 Å². The van der Waals surface area contributed by atoms with Crippen LogP contribution in [0.2, 0.25) is 0 Å². The Balaban J connectivity index is 2.67. The van der Waals surface area contributed by atoms with Crippen molar-refractivity contribution in [3.05, 3.63) is 35.4 Å². The first kappa shape index (κ1) is 16.9. The highest BCUT2D eigenvalue weighted by atomic mass is 32.2. The molecule has 0 spiro atoms. The molecule has 0 bridgehead atoms. The summed E-state index contributed by atoms with van der Waals surface area (Å²) in [5.74, 6) is -0.132. The molecular weight excluding hydrogens is 293 g/mol. The van der Waals surface area contributed by atoms with Gasteiger partial charge in [-0.05, 0) is 31.7 Å². The molecule has 1 rings (SSSR count). The van der Waals surface area contributed by atoms with E-state index in [9.17, 15) is 21.6 Å². The number of rotatable bonds is 6. The third-order valence-corrected chi connectivity index (χ3v) is 4.21. The standard InChI is InChI=1S/C12H17F3N2O2S/c1-9(17-6-7-20(18,19)16-2)10-4-3-5-11(8-10)12(13,14)15/h3-5,8-9,16-17H,6-7H2,1-2H3. The third kappa shape index (κ3) is 5.10. The van der Waals surface area contributed by atoms with Crippen molar-refractivity contribution in [2.75, 3.05) is 19.3 Å². The second-order valence-corrected chi connectivity index (χ2v) is 6.37. The monoisotopic (exact) mass is 310 g/mol. The molecule has 0 radical (unpaired) electrons. The van der Waals surface area contributed by atoms with Crippen LogP contribution in [0, 0.1) is 0 Å². The van der Waals surface area contributed by atoms with E-state index in [1.54, 1.807) is 13.0 Å². The quantitative estimate of drug-likeness (QED) is 0.844. The van der Waals surface area contributed by atoms with Crippen molar-refractivity contribution in [3.8, 4) is 0 Å². The fraction of sp³-hybridized carbons (Fsp3) is 0.500. The van der Waals surface area contributed by atoms with Crippen molar-refractivity contribution < 1.29 is 21.6 Å². The van der Waals surface area contributed by atoms with Crippen molar-refractivity contribution >= 4 is 10.0 Å². The lowest BCUT2D eigenvalue weighted by Gasteiger charge is -2.16. The molecule has 0 fully saturated rings. The Morgan fingerprint density at radius 2 is 1.95 bits per heavy atom.